The van der Waals surface area contributed by atoms with Crippen LogP contribution in [-0.4, -0.2) is 30.0 Å². The second kappa shape index (κ2) is 5.44. The predicted octanol–water partition coefficient (Wildman–Crippen LogP) is 2.63. The Kier molecular flexibility index (Phi) is 3.91. The van der Waals surface area contributed by atoms with Crippen molar-refractivity contribution in [3.05, 3.63) is 29.8 Å². The molecule has 96 valence electrons. The number of aliphatic imine (C=N–C) groups is 1. The number of nitrogens with zero attached hydrogens (tertiary/aromatic N) is 2. The molecule has 0 fully saturated rings. The molecule has 0 bridgehead atoms. The molecule has 1 N–H and O–H groups in total. The van der Waals surface area contributed by atoms with Gasteiger partial charge in [0.1, 0.15) is 0 Å². The second-order valence-electron chi connectivity index (χ2n) is 4.28. The van der Waals surface area contributed by atoms with Gasteiger partial charge < -0.3 is 5.32 Å². The average molecular weight is 263 g/mol. The maximum atomic E-state index is 12.0. The minimum atomic E-state index is -0.152. The number of benzene rings is 1. The number of urea groups is 1. The van der Waals surface area contributed by atoms with Gasteiger partial charge >= 0.3 is 6.03 Å². The summed E-state index contributed by atoms with van der Waals surface area (Å²) >= 11 is 1.63. The first kappa shape index (κ1) is 13.0. The summed E-state index contributed by atoms with van der Waals surface area (Å²) in [6, 6.07) is 7.72. The molecule has 1 aromatic carbocycles. The van der Waals surface area contributed by atoms with Crippen molar-refractivity contribution in [1.29, 1.82) is 0 Å². The van der Waals surface area contributed by atoms with Gasteiger partial charge in [0.2, 0.25) is 0 Å². The van der Waals surface area contributed by atoms with Crippen LogP contribution in [0.1, 0.15) is 12.5 Å². The summed E-state index contributed by atoms with van der Waals surface area (Å²) in [7, 11) is 1.63. The zero-order valence-corrected chi connectivity index (χ0v) is 11.6. The fraction of sp³-hybridized carbons (Fsp3) is 0.385. The van der Waals surface area contributed by atoms with Crippen molar-refractivity contribution in [3.63, 3.8) is 0 Å². The monoisotopic (exact) mass is 263 g/mol. The molecule has 0 radical (unpaired) electrons. The minimum Gasteiger partial charge on any atom is -0.340 e. The summed E-state index contributed by atoms with van der Waals surface area (Å²) in [5.41, 5.74) is 1.98. The van der Waals surface area contributed by atoms with Gasteiger partial charge in [0, 0.05) is 12.3 Å². The van der Waals surface area contributed by atoms with Crippen LogP contribution in [0.15, 0.2) is 29.3 Å². The molecule has 1 atom stereocenters. The van der Waals surface area contributed by atoms with Crippen molar-refractivity contribution in [1.82, 2.24) is 5.32 Å². The summed E-state index contributed by atoms with van der Waals surface area (Å²) in [5, 5.41) is 3.87. The van der Waals surface area contributed by atoms with Gasteiger partial charge in [-0.15, -0.1) is 0 Å². The van der Waals surface area contributed by atoms with Crippen LogP contribution in [-0.2, 0) is 0 Å². The first-order valence-corrected chi connectivity index (χ1v) is 6.79. The van der Waals surface area contributed by atoms with E-state index in [1.165, 1.54) is 0 Å². The molecule has 1 aliphatic heterocycles. The van der Waals surface area contributed by atoms with Crippen molar-refractivity contribution in [3.8, 4) is 0 Å². The van der Waals surface area contributed by atoms with Gasteiger partial charge in [-0.05, 0) is 24.6 Å². The predicted molar refractivity (Wildman–Crippen MR) is 77.5 cm³/mol. The summed E-state index contributed by atoms with van der Waals surface area (Å²) in [4.78, 5) is 18.1. The third-order valence-electron chi connectivity index (χ3n) is 2.66. The number of aryl methyl sites for hydroxylation is 1. The average Bonchev–Trinajstić information content (AvgIpc) is 2.76. The number of hydrogen-bond donors (Lipinski definition) is 1. The highest BCUT2D eigenvalue weighted by Crippen LogP contribution is 2.27. The van der Waals surface area contributed by atoms with Crippen molar-refractivity contribution >= 4 is 28.6 Å². The van der Waals surface area contributed by atoms with Gasteiger partial charge in [0.25, 0.3) is 0 Å². The maximum absolute atomic E-state index is 12.0. The number of amidine groups is 1. The molecule has 4 nitrogen and oxygen atoms in total. The third-order valence-corrected chi connectivity index (χ3v) is 3.73. The van der Waals surface area contributed by atoms with Crippen molar-refractivity contribution in [2.45, 2.75) is 19.1 Å². The van der Waals surface area contributed by atoms with Gasteiger partial charge in [0.05, 0.1) is 12.2 Å². The van der Waals surface area contributed by atoms with Crippen LogP contribution in [0.4, 0.5) is 10.5 Å². The third kappa shape index (κ3) is 2.67. The molecule has 0 saturated heterocycles. The quantitative estimate of drug-likeness (QED) is 0.846. The molecule has 0 unspecified atom stereocenters. The Balaban J connectivity index is 2.34. The van der Waals surface area contributed by atoms with Crippen LogP contribution in [0.25, 0.3) is 0 Å². The zero-order valence-electron chi connectivity index (χ0n) is 10.8. The number of carbonyl (C=O) groups excluding carboxylic acids is 1. The molecule has 0 saturated carbocycles. The molecule has 0 aromatic heterocycles. The smallest absolute Gasteiger partial charge is 0.327 e. The Labute approximate surface area is 111 Å². The van der Waals surface area contributed by atoms with E-state index in [-0.39, 0.29) is 6.03 Å². The molecular formula is C13H17N3OS. The zero-order chi connectivity index (χ0) is 13.1. The first-order valence-electron chi connectivity index (χ1n) is 5.91. The lowest BCUT2D eigenvalue weighted by Gasteiger charge is -2.22. The standard InChI is InChI=1S/C13H17N3OS/c1-9-5-4-6-11(7-9)16(12(17)14-3)13-15-8-10(2)18-13/h4-7,10H,8H2,1-3H3,(H,14,17)/t10-/m1/s1. The molecule has 1 aliphatic rings. The Morgan fingerprint density at radius 1 is 1.56 bits per heavy atom. The van der Waals surface area contributed by atoms with Crippen molar-refractivity contribution < 1.29 is 4.79 Å². The maximum Gasteiger partial charge on any atom is 0.327 e. The summed E-state index contributed by atoms with van der Waals surface area (Å²) in [5.74, 6) is 0. The first-order chi connectivity index (χ1) is 8.61. The lowest BCUT2D eigenvalue weighted by atomic mass is 10.2. The Morgan fingerprint density at radius 3 is 2.89 bits per heavy atom. The van der Waals surface area contributed by atoms with Crippen LogP contribution in [0.2, 0.25) is 0 Å². The summed E-state index contributed by atoms with van der Waals surface area (Å²) < 4.78 is 0. The molecule has 2 amide bonds. The highest BCUT2D eigenvalue weighted by molar-refractivity contribution is 8.15. The minimum absolute atomic E-state index is 0.152. The van der Waals surface area contributed by atoms with Crippen LogP contribution < -0.4 is 10.2 Å². The molecule has 0 aliphatic carbocycles. The van der Waals surface area contributed by atoms with Crippen molar-refractivity contribution in [2.75, 3.05) is 18.5 Å². The normalized spacial score (nSPS) is 18.4. The van der Waals surface area contributed by atoms with Crippen LogP contribution >= 0.6 is 11.8 Å². The van der Waals surface area contributed by atoms with E-state index in [4.69, 9.17) is 0 Å². The van der Waals surface area contributed by atoms with E-state index in [1.807, 2.05) is 31.2 Å². The lowest BCUT2D eigenvalue weighted by molar-refractivity contribution is 0.251. The Bertz CT molecular complexity index is 487. The second-order valence-corrected chi connectivity index (χ2v) is 5.69. The highest BCUT2D eigenvalue weighted by Gasteiger charge is 2.26. The number of amides is 2. The van der Waals surface area contributed by atoms with E-state index >= 15 is 0 Å². The van der Waals surface area contributed by atoms with E-state index in [1.54, 1.807) is 23.7 Å². The van der Waals surface area contributed by atoms with E-state index in [0.717, 1.165) is 23.0 Å². The summed E-state index contributed by atoms with van der Waals surface area (Å²) in [6.07, 6.45) is 0. The lowest BCUT2D eigenvalue weighted by Crippen LogP contribution is -2.41. The molecule has 2 rings (SSSR count). The molecule has 1 heterocycles. The van der Waals surface area contributed by atoms with Crippen LogP contribution in [0.3, 0.4) is 0 Å². The van der Waals surface area contributed by atoms with Gasteiger partial charge in [-0.2, -0.15) is 0 Å². The molecular weight excluding hydrogens is 246 g/mol. The topological polar surface area (TPSA) is 44.7 Å². The number of nitrogens with one attached hydrogen (secondary N) is 1. The SMILES string of the molecule is CNC(=O)N(C1=NC[C@@H](C)S1)c1cccc(C)c1. The van der Waals surface area contributed by atoms with Gasteiger partial charge in [-0.25, -0.2) is 9.69 Å². The highest BCUT2D eigenvalue weighted by atomic mass is 32.2. The van der Waals surface area contributed by atoms with E-state index < -0.39 is 0 Å². The number of rotatable bonds is 1. The number of thioether (sulfide) groups is 1. The number of anilines is 1. The fourth-order valence-electron chi connectivity index (χ4n) is 1.78. The van der Waals surface area contributed by atoms with E-state index in [2.05, 4.69) is 17.2 Å². The van der Waals surface area contributed by atoms with Gasteiger partial charge in [-0.3, -0.25) is 4.99 Å². The van der Waals surface area contributed by atoms with E-state index in [9.17, 15) is 4.79 Å². The van der Waals surface area contributed by atoms with Crippen LogP contribution in [0.5, 0.6) is 0 Å². The van der Waals surface area contributed by atoms with E-state index in [0.29, 0.717) is 5.25 Å². The molecule has 5 heteroatoms. The number of hydrogen-bond acceptors (Lipinski definition) is 3. The molecule has 18 heavy (non-hydrogen) atoms. The van der Waals surface area contributed by atoms with Gasteiger partial charge in [-0.1, -0.05) is 30.8 Å². The van der Waals surface area contributed by atoms with Crippen LogP contribution in [0, 0.1) is 6.92 Å². The Hall–Kier alpha value is -1.49. The molecule has 1 aromatic rings. The van der Waals surface area contributed by atoms with Gasteiger partial charge in [0.15, 0.2) is 5.17 Å². The Morgan fingerprint density at radius 2 is 2.33 bits per heavy atom. The largest absolute Gasteiger partial charge is 0.340 e. The number of carbonyl (C=O) groups is 1. The fourth-order valence-corrected chi connectivity index (χ4v) is 2.73. The summed E-state index contributed by atoms with van der Waals surface area (Å²) in [6.45, 7) is 4.89. The molecule has 0 spiro atoms. The van der Waals surface area contributed by atoms with Crippen molar-refractivity contribution in [2.24, 2.45) is 4.99 Å².